The van der Waals surface area contributed by atoms with Crippen LogP contribution in [0.1, 0.15) is 6.92 Å². The van der Waals surface area contributed by atoms with Gasteiger partial charge in [-0.1, -0.05) is 6.08 Å². The molecule has 0 spiro atoms. The van der Waals surface area contributed by atoms with Gasteiger partial charge in [-0.3, -0.25) is 14.6 Å². The first-order chi connectivity index (χ1) is 8.19. The van der Waals surface area contributed by atoms with Crippen molar-refractivity contribution in [1.82, 2.24) is 15.1 Å². The lowest BCUT2D eigenvalue weighted by atomic mass is 10.2. The van der Waals surface area contributed by atoms with E-state index >= 15 is 0 Å². The van der Waals surface area contributed by atoms with E-state index in [1.54, 1.807) is 6.08 Å². The molecule has 1 aliphatic heterocycles. The maximum atomic E-state index is 11.7. The third kappa shape index (κ3) is 4.17. The Hall–Kier alpha value is -1.38. The normalized spacial score (nSPS) is 19.3. The number of piperazine rings is 1. The molecule has 5 heteroatoms. The molecule has 0 aromatic carbocycles. The molecule has 1 fully saturated rings. The highest BCUT2D eigenvalue weighted by molar-refractivity contribution is 5.81. The Bertz CT molecular complexity index is 302. The van der Waals surface area contributed by atoms with Gasteiger partial charge in [0.15, 0.2) is 0 Å². The molecule has 1 unspecified atom stereocenters. The summed E-state index contributed by atoms with van der Waals surface area (Å²) < 4.78 is 0. The summed E-state index contributed by atoms with van der Waals surface area (Å²) in [7, 11) is 0. The van der Waals surface area contributed by atoms with Gasteiger partial charge in [0.2, 0.25) is 5.91 Å². The van der Waals surface area contributed by atoms with Crippen molar-refractivity contribution < 1.29 is 4.79 Å². The van der Waals surface area contributed by atoms with Crippen LogP contribution in [0, 0.1) is 11.3 Å². The lowest BCUT2D eigenvalue weighted by molar-refractivity contribution is -0.126. The molecule has 17 heavy (non-hydrogen) atoms. The summed E-state index contributed by atoms with van der Waals surface area (Å²) in [4.78, 5) is 16.0. The van der Waals surface area contributed by atoms with E-state index in [1.165, 1.54) is 0 Å². The predicted molar refractivity (Wildman–Crippen MR) is 66.3 cm³/mol. The molecular weight excluding hydrogens is 216 g/mol. The summed E-state index contributed by atoms with van der Waals surface area (Å²) in [5.74, 6) is 0.0404. The molecule has 1 rings (SSSR count). The molecule has 1 aliphatic rings. The van der Waals surface area contributed by atoms with Crippen molar-refractivity contribution in [3.05, 3.63) is 12.7 Å². The van der Waals surface area contributed by atoms with E-state index in [-0.39, 0.29) is 11.9 Å². The standard InChI is InChI=1S/C12H20N4O/c1-3-5-14-12(17)11(2)16-9-7-15(6-4-13)8-10-16/h3,11H,1,5-10H2,2H3,(H,14,17). The largest absolute Gasteiger partial charge is 0.351 e. The van der Waals surface area contributed by atoms with E-state index < -0.39 is 0 Å². The summed E-state index contributed by atoms with van der Waals surface area (Å²) in [5.41, 5.74) is 0. The van der Waals surface area contributed by atoms with E-state index in [2.05, 4.69) is 27.8 Å². The van der Waals surface area contributed by atoms with Gasteiger partial charge < -0.3 is 5.32 Å². The van der Waals surface area contributed by atoms with Gasteiger partial charge in [0.25, 0.3) is 0 Å². The molecule has 1 amide bonds. The van der Waals surface area contributed by atoms with Gasteiger partial charge in [-0.2, -0.15) is 5.26 Å². The number of rotatable bonds is 5. The van der Waals surface area contributed by atoms with Crippen molar-refractivity contribution in [2.75, 3.05) is 39.3 Å². The average Bonchev–Trinajstić information content (AvgIpc) is 2.36. The van der Waals surface area contributed by atoms with E-state index in [4.69, 9.17) is 5.26 Å². The number of carbonyl (C=O) groups is 1. The Labute approximate surface area is 103 Å². The Morgan fingerprint density at radius 2 is 2.18 bits per heavy atom. The fraction of sp³-hybridized carbons (Fsp3) is 0.667. The first kappa shape index (κ1) is 13.7. The number of amides is 1. The van der Waals surface area contributed by atoms with Crippen molar-refractivity contribution in [3.8, 4) is 6.07 Å². The minimum absolute atomic E-state index is 0.0404. The van der Waals surface area contributed by atoms with Gasteiger partial charge in [-0.15, -0.1) is 6.58 Å². The van der Waals surface area contributed by atoms with Crippen molar-refractivity contribution in [3.63, 3.8) is 0 Å². The quantitative estimate of drug-likeness (QED) is 0.531. The molecule has 94 valence electrons. The summed E-state index contributed by atoms with van der Waals surface area (Å²) in [5, 5.41) is 11.4. The van der Waals surface area contributed by atoms with Gasteiger partial charge in [-0.25, -0.2) is 0 Å². The van der Waals surface area contributed by atoms with Gasteiger partial charge in [0.1, 0.15) is 0 Å². The number of hydrogen-bond donors (Lipinski definition) is 1. The van der Waals surface area contributed by atoms with Crippen LogP contribution in [0.2, 0.25) is 0 Å². The van der Waals surface area contributed by atoms with Gasteiger partial charge in [-0.05, 0) is 6.92 Å². The Kier molecular flexibility index (Phi) is 5.67. The van der Waals surface area contributed by atoms with Crippen LogP contribution in [0.5, 0.6) is 0 Å². The van der Waals surface area contributed by atoms with Crippen LogP contribution in [-0.2, 0) is 4.79 Å². The minimum atomic E-state index is -0.112. The molecule has 1 heterocycles. The first-order valence-electron chi connectivity index (χ1n) is 5.91. The SMILES string of the molecule is C=CCNC(=O)C(C)N1CCN(CC#N)CC1. The first-order valence-corrected chi connectivity index (χ1v) is 5.91. The average molecular weight is 236 g/mol. The van der Waals surface area contributed by atoms with Crippen LogP contribution in [0.4, 0.5) is 0 Å². The van der Waals surface area contributed by atoms with Crippen LogP contribution in [0.3, 0.4) is 0 Å². The molecule has 0 aromatic heterocycles. The molecule has 5 nitrogen and oxygen atoms in total. The molecular formula is C12H20N4O. The second-order valence-electron chi connectivity index (χ2n) is 4.18. The van der Waals surface area contributed by atoms with Gasteiger partial charge >= 0.3 is 0 Å². The Morgan fingerprint density at radius 3 is 2.71 bits per heavy atom. The van der Waals surface area contributed by atoms with Crippen LogP contribution in [0.25, 0.3) is 0 Å². The molecule has 0 saturated carbocycles. The smallest absolute Gasteiger partial charge is 0.237 e. The second-order valence-corrected chi connectivity index (χ2v) is 4.18. The van der Waals surface area contributed by atoms with E-state index in [0.717, 1.165) is 26.2 Å². The highest BCUT2D eigenvalue weighted by Crippen LogP contribution is 2.06. The zero-order valence-corrected chi connectivity index (χ0v) is 10.4. The van der Waals surface area contributed by atoms with Crippen LogP contribution in [0.15, 0.2) is 12.7 Å². The maximum Gasteiger partial charge on any atom is 0.237 e. The number of hydrogen-bond acceptors (Lipinski definition) is 4. The van der Waals surface area contributed by atoms with E-state index in [1.807, 2.05) is 6.92 Å². The molecule has 0 aromatic rings. The highest BCUT2D eigenvalue weighted by Gasteiger charge is 2.24. The summed E-state index contributed by atoms with van der Waals surface area (Å²) in [6, 6.07) is 2.04. The summed E-state index contributed by atoms with van der Waals surface area (Å²) in [6.45, 7) is 9.86. The molecule has 1 N–H and O–H groups in total. The number of carbonyl (C=O) groups excluding carboxylic acids is 1. The fourth-order valence-electron chi connectivity index (χ4n) is 1.90. The fourth-order valence-corrected chi connectivity index (χ4v) is 1.90. The van der Waals surface area contributed by atoms with Crippen LogP contribution >= 0.6 is 0 Å². The molecule has 1 saturated heterocycles. The number of nitrogens with one attached hydrogen (secondary N) is 1. The van der Waals surface area contributed by atoms with E-state index in [0.29, 0.717) is 13.1 Å². The lowest BCUT2D eigenvalue weighted by Crippen LogP contribution is -2.53. The summed E-state index contributed by atoms with van der Waals surface area (Å²) in [6.07, 6.45) is 1.68. The zero-order chi connectivity index (χ0) is 12.7. The lowest BCUT2D eigenvalue weighted by Gasteiger charge is -2.36. The van der Waals surface area contributed by atoms with Crippen molar-refractivity contribution >= 4 is 5.91 Å². The number of nitrogens with zero attached hydrogens (tertiary/aromatic N) is 3. The summed E-state index contributed by atoms with van der Waals surface area (Å²) >= 11 is 0. The zero-order valence-electron chi connectivity index (χ0n) is 10.4. The van der Waals surface area contributed by atoms with Gasteiger partial charge in [0, 0.05) is 32.7 Å². The second kappa shape index (κ2) is 7.05. The highest BCUT2D eigenvalue weighted by atomic mass is 16.2. The third-order valence-electron chi connectivity index (χ3n) is 3.05. The topological polar surface area (TPSA) is 59.4 Å². The monoisotopic (exact) mass is 236 g/mol. The van der Waals surface area contributed by atoms with Crippen molar-refractivity contribution in [2.24, 2.45) is 0 Å². The van der Waals surface area contributed by atoms with Crippen LogP contribution < -0.4 is 5.32 Å². The maximum absolute atomic E-state index is 11.7. The molecule has 0 aliphatic carbocycles. The molecule has 0 radical (unpaired) electrons. The molecule has 0 bridgehead atoms. The van der Waals surface area contributed by atoms with Crippen molar-refractivity contribution in [1.29, 1.82) is 5.26 Å². The van der Waals surface area contributed by atoms with Crippen molar-refractivity contribution in [2.45, 2.75) is 13.0 Å². The van der Waals surface area contributed by atoms with Crippen LogP contribution in [-0.4, -0.2) is 61.0 Å². The minimum Gasteiger partial charge on any atom is -0.351 e. The Morgan fingerprint density at radius 1 is 1.53 bits per heavy atom. The number of nitriles is 1. The molecule has 1 atom stereocenters. The predicted octanol–water partition coefficient (Wildman–Crippen LogP) is -0.182. The Balaban J connectivity index is 2.35. The van der Waals surface area contributed by atoms with E-state index in [9.17, 15) is 4.79 Å². The third-order valence-corrected chi connectivity index (χ3v) is 3.05. The van der Waals surface area contributed by atoms with Gasteiger partial charge in [0.05, 0.1) is 18.7 Å².